The van der Waals surface area contributed by atoms with Crippen LogP contribution in [0.5, 0.6) is 5.75 Å². The monoisotopic (exact) mass is 406 g/mol. The van der Waals surface area contributed by atoms with Crippen LogP contribution in [0.25, 0.3) is 0 Å². The SMILES string of the molecule is CC(=O)N1CCOc2ccc(S(=O)(=O)N(C)CCCc3c(C)n[nH]c3C)cc21. The highest BCUT2D eigenvalue weighted by Gasteiger charge is 2.26. The second-order valence-electron chi connectivity index (χ2n) is 6.99. The van der Waals surface area contributed by atoms with Gasteiger partial charge in [-0.2, -0.15) is 5.10 Å². The fraction of sp³-hybridized carbons (Fsp3) is 0.474. The van der Waals surface area contributed by atoms with E-state index in [1.54, 1.807) is 18.0 Å². The summed E-state index contributed by atoms with van der Waals surface area (Å²) in [6.45, 7) is 6.55. The van der Waals surface area contributed by atoms with Crippen molar-refractivity contribution in [3.8, 4) is 5.75 Å². The first-order valence-corrected chi connectivity index (χ1v) is 10.7. The lowest BCUT2D eigenvalue weighted by Crippen LogP contribution is -2.36. The molecule has 8 nitrogen and oxygen atoms in total. The van der Waals surface area contributed by atoms with E-state index in [2.05, 4.69) is 10.2 Å². The number of sulfonamides is 1. The summed E-state index contributed by atoms with van der Waals surface area (Å²) >= 11 is 0. The Kier molecular flexibility index (Phi) is 5.76. The molecule has 0 unspecified atom stereocenters. The highest BCUT2D eigenvalue weighted by atomic mass is 32.2. The molecule has 0 atom stereocenters. The first kappa shape index (κ1) is 20.3. The third kappa shape index (κ3) is 3.90. The highest BCUT2D eigenvalue weighted by molar-refractivity contribution is 7.89. The van der Waals surface area contributed by atoms with Gasteiger partial charge in [-0.25, -0.2) is 12.7 Å². The van der Waals surface area contributed by atoms with Gasteiger partial charge < -0.3 is 9.64 Å². The predicted octanol–water partition coefficient (Wildman–Crippen LogP) is 2.03. The third-order valence-electron chi connectivity index (χ3n) is 5.06. The van der Waals surface area contributed by atoms with Crippen molar-refractivity contribution in [2.75, 3.05) is 31.6 Å². The summed E-state index contributed by atoms with van der Waals surface area (Å²) in [4.78, 5) is 13.6. The fourth-order valence-corrected chi connectivity index (χ4v) is 4.64. The standard InChI is InChI=1S/C19H26N4O4S/c1-13-17(14(2)21-20-13)6-5-9-22(4)28(25,26)16-7-8-19-18(12-16)23(15(3)24)10-11-27-19/h7-8,12H,5-6,9-11H2,1-4H3,(H,20,21). The Morgan fingerprint density at radius 1 is 1.36 bits per heavy atom. The van der Waals surface area contributed by atoms with Crippen molar-refractivity contribution in [3.63, 3.8) is 0 Å². The maximum Gasteiger partial charge on any atom is 0.242 e. The van der Waals surface area contributed by atoms with Gasteiger partial charge in [0.15, 0.2) is 0 Å². The first-order valence-electron chi connectivity index (χ1n) is 9.23. The minimum absolute atomic E-state index is 0.140. The van der Waals surface area contributed by atoms with Gasteiger partial charge in [0.25, 0.3) is 0 Å². The number of ether oxygens (including phenoxy) is 1. The zero-order valence-corrected chi connectivity index (χ0v) is 17.5. The Bertz CT molecular complexity index is 964. The Hall–Kier alpha value is -2.39. The van der Waals surface area contributed by atoms with Crippen molar-refractivity contribution in [1.82, 2.24) is 14.5 Å². The summed E-state index contributed by atoms with van der Waals surface area (Å²) in [5.74, 6) is 0.382. The van der Waals surface area contributed by atoms with Crippen LogP contribution in [0.2, 0.25) is 0 Å². The molecule has 0 bridgehead atoms. The molecule has 1 aromatic carbocycles. The summed E-state index contributed by atoms with van der Waals surface area (Å²) in [6.07, 6.45) is 1.44. The average molecular weight is 407 g/mol. The molecule has 1 aliphatic heterocycles. The molecule has 3 rings (SSSR count). The van der Waals surface area contributed by atoms with E-state index in [1.165, 1.54) is 23.4 Å². The highest BCUT2D eigenvalue weighted by Crippen LogP contribution is 2.34. The van der Waals surface area contributed by atoms with Crippen molar-refractivity contribution >= 4 is 21.6 Å². The Balaban J connectivity index is 1.75. The molecule has 0 radical (unpaired) electrons. The lowest BCUT2D eigenvalue weighted by molar-refractivity contribution is -0.116. The van der Waals surface area contributed by atoms with E-state index < -0.39 is 10.0 Å². The van der Waals surface area contributed by atoms with Gasteiger partial charge in [0.05, 0.1) is 22.8 Å². The predicted molar refractivity (Wildman–Crippen MR) is 106 cm³/mol. The molecule has 0 saturated heterocycles. The number of carbonyl (C=O) groups excluding carboxylic acids is 1. The van der Waals surface area contributed by atoms with Gasteiger partial charge in [0.1, 0.15) is 12.4 Å². The molecule has 1 aromatic heterocycles. The molecule has 1 aliphatic rings. The van der Waals surface area contributed by atoms with Crippen LogP contribution in [0.1, 0.15) is 30.3 Å². The minimum atomic E-state index is -3.67. The van der Waals surface area contributed by atoms with Crippen molar-refractivity contribution in [1.29, 1.82) is 0 Å². The number of rotatable bonds is 6. The Morgan fingerprint density at radius 3 is 2.75 bits per heavy atom. The van der Waals surface area contributed by atoms with Crippen LogP contribution in [0.15, 0.2) is 23.1 Å². The molecule has 0 aliphatic carbocycles. The summed E-state index contributed by atoms with van der Waals surface area (Å²) in [7, 11) is -2.09. The second kappa shape index (κ2) is 7.92. The zero-order chi connectivity index (χ0) is 20.5. The van der Waals surface area contributed by atoms with Crippen molar-refractivity contribution in [2.45, 2.75) is 38.5 Å². The molecular formula is C19H26N4O4S. The minimum Gasteiger partial charge on any atom is -0.490 e. The molecule has 0 fully saturated rings. The van der Waals surface area contributed by atoms with E-state index in [0.717, 1.165) is 23.4 Å². The topological polar surface area (TPSA) is 95.6 Å². The maximum atomic E-state index is 13.0. The van der Waals surface area contributed by atoms with Crippen molar-refractivity contribution < 1.29 is 17.9 Å². The van der Waals surface area contributed by atoms with Crippen LogP contribution in [0, 0.1) is 13.8 Å². The first-order chi connectivity index (χ1) is 13.2. The molecule has 0 spiro atoms. The normalized spacial score (nSPS) is 14.1. The van der Waals surface area contributed by atoms with Crippen LogP contribution in [-0.4, -0.2) is 55.6 Å². The van der Waals surface area contributed by atoms with Crippen LogP contribution < -0.4 is 9.64 Å². The number of hydrogen-bond donors (Lipinski definition) is 1. The van der Waals surface area contributed by atoms with E-state index in [0.29, 0.717) is 37.6 Å². The maximum absolute atomic E-state index is 13.0. The summed E-state index contributed by atoms with van der Waals surface area (Å²) in [5, 5.41) is 7.12. The molecule has 0 saturated carbocycles. The molecule has 152 valence electrons. The largest absolute Gasteiger partial charge is 0.490 e. The van der Waals surface area contributed by atoms with Gasteiger partial charge in [-0.05, 0) is 50.5 Å². The fourth-order valence-electron chi connectivity index (χ4n) is 3.41. The molecule has 9 heteroatoms. The molecule has 1 N–H and O–H groups in total. The number of aryl methyl sites for hydroxylation is 2. The number of fused-ring (bicyclic) bond motifs is 1. The van der Waals surface area contributed by atoms with E-state index in [4.69, 9.17) is 4.74 Å². The lowest BCUT2D eigenvalue weighted by atomic mass is 10.1. The van der Waals surface area contributed by atoms with Crippen molar-refractivity contribution in [2.24, 2.45) is 0 Å². The summed E-state index contributed by atoms with van der Waals surface area (Å²) in [6, 6.07) is 4.66. The summed E-state index contributed by atoms with van der Waals surface area (Å²) < 4.78 is 32.9. The quantitative estimate of drug-likeness (QED) is 0.792. The molecule has 1 amide bonds. The van der Waals surface area contributed by atoms with Gasteiger partial charge in [0, 0.05) is 26.2 Å². The molecule has 2 heterocycles. The number of H-pyrrole nitrogens is 1. The molecular weight excluding hydrogens is 380 g/mol. The van der Waals surface area contributed by atoms with Crippen LogP contribution in [-0.2, 0) is 21.2 Å². The number of benzene rings is 1. The van der Waals surface area contributed by atoms with Crippen LogP contribution in [0.3, 0.4) is 0 Å². The van der Waals surface area contributed by atoms with Crippen LogP contribution in [0.4, 0.5) is 5.69 Å². The van der Waals surface area contributed by atoms with E-state index in [-0.39, 0.29) is 10.8 Å². The number of nitrogens with zero attached hydrogens (tertiary/aromatic N) is 3. The number of aromatic nitrogens is 2. The number of amides is 1. The Labute approximate surface area is 165 Å². The number of aromatic amines is 1. The van der Waals surface area contributed by atoms with E-state index in [9.17, 15) is 13.2 Å². The number of carbonyl (C=O) groups is 1. The zero-order valence-electron chi connectivity index (χ0n) is 16.7. The van der Waals surface area contributed by atoms with Gasteiger partial charge >= 0.3 is 0 Å². The lowest BCUT2D eigenvalue weighted by Gasteiger charge is -2.29. The van der Waals surface area contributed by atoms with Gasteiger partial charge in [-0.1, -0.05) is 0 Å². The van der Waals surface area contributed by atoms with Crippen LogP contribution >= 0.6 is 0 Å². The number of nitrogens with one attached hydrogen (secondary N) is 1. The van der Waals surface area contributed by atoms with E-state index >= 15 is 0 Å². The van der Waals surface area contributed by atoms with E-state index in [1.807, 2.05) is 13.8 Å². The van der Waals surface area contributed by atoms with Crippen molar-refractivity contribution in [3.05, 3.63) is 35.2 Å². The second-order valence-corrected chi connectivity index (χ2v) is 9.04. The Morgan fingerprint density at radius 2 is 2.11 bits per heavy atom. The smallest absolute Gasteiger partial charge is 0.242 e. The summed E-state index contributed by atoms with van der Waals surface area (Å²) in [5.41, 5.74) is 3.59. The average Bonchev–Trinajstić information content (AvgIpc) is 2.98. The number of anilines is 1. The van der Waals surface area contributed by atoms with Gasteiger partial charge in [-0.15, -0.1) is 0 Å². The number of hydrogen-bond acceptors (Lipinski definition) is 5. The molecule has 28 heavy (non-hydrogen) atoms. The van der Waals surface area contributed by atoms with Gasteiger partial charge in [-0.3, -0.25) is 9.89 Å². The third-order valence-corrected chi connectivity index (χ3v) is 6.92. The van der Waals surface area contributed by atoms with Gasteiger partial charge in [0.2, 0.25) is 15.9 Å². The molecule has 2 aromatic rings.